The number of fused-ring (bicyclic) bond motifs is 1. The third-order valence-corrected chi connectivity index (χ3v) is 5.69. The van der Waals surface area contributed by atoms with E-state index < -0.39 is 0 Å². The summed E-state index contributed by atoms with van der Waals surface area (Å²) in [4.78, 5) is 0. The molecule has 2 saturated carbocycles. The minimum atomic E-state index is -0.168. The number of epoxide rings is 1. The predicted molar refractivity (Wildman–Crippen MR) is 67.7 cm³/mol. The molecule has 0 spiro atoms. The molecule has 4 atom stereocenters. The maximum absolute atomic E-state index is 9.49. The number of ether oxygens (including phenoxy) is 1. The largest absolute Gasteiger partial charge is 0.393 e. The van der Waals surface area contributed by atoms with Gasteiger partial charge in [0.05, 0.1) is 13.2 Å². The van der Waals surface area contributed by atoms with Gasteiger partial charge in [-0.25, -0.2) is 0 Å². The van der Waals surface area contributed by atoms with Crippen molar-refractivity contribution in [1.29, 1.82) is 0 Å². The van der Waals surface area contributed by atoms with Crippen LogP contribution < -0.4 is 0 Å². The zero-order valence-electron chi connectivity index (χ0n) is 10.9. The van der Waals surface area contributed by atoms with Crippen molar-refractivity contribution < 1.29 is 9.84 Å². The second kappa shape index (κ2) is 3.83. The van der Waals surface area contributed by atoms with Gasteiger partial charge < -0.3 is 9.84 Å². The molecule has 1 N–H and O–H groups in total. The lowest BCUT2D eigenvalue weighted by Crippen LogP contribution is -2.43. The Balaban J connectivity index is 1.77. The minimum Gasteiger partial charge on any atom is -0.393 e. The smallest absolute Gasteiger partial charge is 0.117 e. The van der Waals surface area contributed by atoms with Crippen LogP contribution in [0.2, 0.25) is 0 Å². The van der Waals surface area contributed by atoms with E-state index in [9.17, 15) is 5.11 Å². The highest BCUT2D eigenvalue weighted by Gasteiger charge is 2.55. The molecule has 1 saturated heterocycles. The first-order valence-corrected chi connectivity index (χ1v) is 7.02. The van der Waals surface area contributed by atoms with E-state index in [1.165, 1.54) is 44.1 Å². The molecule has 3 aliphatic rings. The van der Waals surface area contributed by atoms with Gasteiger partial charge in [0.25, 0.3) is 0 Å². The van der Waals surface area contributed by atoms with E-state index in [4.69, 9.17) is 4.74 Å². The molecule has 96 valence electrons. The van der Waals surface area contributed by atoms with Gasteiger partial charge in [-0.15, -0.1) is 0 Å². The van der Waals surface area contributed by atoms with Gasteiger partial charge in [-0.3, -0.25) is 0 Å². The highest BCUT2D eigenvalue weighted by atomic mass is 16.6. The van der Waals surface area contributed by atoms with E-state index in [1.807, 2.05) is 0 Å². The van der Waals surface area contributed by atoms with Crippen molar-refractivity contribution in [1.82, 2.24) is 0 Å². The van der Waals surface area contributed by atoms with Crippen molar-refractivity contribution in [3.05, 3.63) is 12.2 Å². The lowest BCUT2D eigenvalue weighted by molar-refractivity contribution is 0.0219. The Kier molecular flexibility index (Phi) is 2.64. The molecule has 0 amide bonds. The van der Waals surface area contributed by atoms with Crippen LogP contribution in [0.3, 0.4) is 0 Å². The van der Waals surface area contributed by atoms with Crippen LogP contribution in [0.4, 0.5) is 0 Å². The molecule has 1 aliphatic heterocycles. The van der Waals surface area contributed by atoms with Gasteiger partial charge in [0, 0.05) is 0 Å². The van der Waals surface area contributed by atoms with Crippen LogP contribution in [0.1, 0.15) is 45.4 Å². The molecule has 0 radical (unpaired) electrons. The quantitative estimate of drug-likeness (QED) is 0.590. The van der Waals surface area contributed by atoms with Crippen LogP contribution in [0.5, 0.6) is 0 Å². The second-order valence-electron chi connectivity index (χ2n) is 6.70. The maximum atomic E-state index is 9.49. The van der Waals surface area contributed by atoms with E-state index in [0.717, 1.165) is 6.61 Å². The average Bonchev–Trinajstić information content (AvgIpc) is 3.09. The predicted octanol–water partition coefficient (Wildman–Crippen LogP) is 2.91. The molecular weight excluding hydrogens is 212 g/mol. The van der Waals surface area contributed by atoms with Crippen LogP contribution in [-0.2, 0) is 4.74 Å². The Morgan fingerprint density at radius 2 is 2.24 bits per heavy atom. The second-order valence-corrected chi connectivity index (χ2v) is 6.70. The Morgan fingerprint density at radius 1 is 1.47 bits per heavy atom. The summed E-state index contributed by atoms with van der Waals surface area (Å²) in [6.45, 7) is 7.72. The van der Waals surface area contributed by atoms with Crippen molar-refractivity contribution in [2.45, 2.75) is 51.0 Å². The van der Waals surface area contributed by atoms with Gasteiger partial charge in [0.1, 0.15) is 5.60 Å². The van der Waals surface area contributed by atoms with Crippen LogP contribution in [0.25, 0.3) is 0 Å². The number of allylic oxidation sites excluding steroid dienone is 1. The molecule has 3 rings (SSSR count). The zero-order valence-corrected chi connectivity index (χ0v) is 10.9. The van der Waals surface area contributed by atoms with E-state index in [1.54, 1.807) is 0 Å². The Hall–Kier alpha value is -0.340. The van der Waals surface area contributed by atoms with Crippen LogP contribution in [-0.4, -0.2) is 23.9 Å². The van der Waals surface area contributed by atoms with Crippen LogP contribution in [0, 0.1) is 17.3 Å². The van der Waals surface area contributed by atoms with Crippen molar-refractivity contribution in [2.75, 3.05) is 13.2 Å². The molecular formula is C15H24O2. The van der Waals surface area contributed by atoms with Crippen LogP contribution in [0.15, 0.2) is 12.2 Å². The summed E-state index contributed by atoms with van der Waals surface area (Å²) in [5, 5.41) is 9.49. The highest BCUT2D eigenvalue weighted by molar-refractivity contribution is 5.15. The fourth-order valence-corrected chi connectivity index (χ4v) is 4.24. The first kappa shape index (κ1) is 11.7. The number of hydrogen-bond donors (Lipinski definition) is 1. The molecule has 0 aromatic carbocycles. The molecule has 0 bridgehead atoms. The third-order valence-electron chi connectivity index (χ3n) is 5.69. The summed E-state index contributed by atoms with van der Waals surface area (Å²) in [5.41, 5.74) is 1.77. The molecule has 2 heteroatoms. The average molecular weight is 236 g/mol. The first-order valence-electron chi connectivity index (χ1n) is 7.02. The SMILES string of the molecule is C=C1CCC[C@]2(C)CC[C@@H]([C@@]3(CO)CO3)CC12. The fourth-order valence-electron chi connectivity index (χ4n) is 4.24. The molecule has 0 aromatic heterocycles. The first-order chi connectivity index (χ1) is 8.10. The minimum absolute atomic E-state index is 0.168. The van der Waals surface area contributed by atoms with Gasteiger partial charge in [-0.1, -0.05) is 19.1 Å². The molecule has 17 heavy (non-hydrogen) atoms. The van der Waals surface area contributed by atoms with E-state index in [-0.39, 0.29) is 12.2 Å². The summed E-state index contributed by atoms with van der Waals surface area (Å²) in [5.74, 6) is 1.23. The lowest BCUT2D eigenvalue weighted by atomic mass is 9.55. The highest BCUT2D eigenvalue weighted by Crippen LogP contribution is 2.56. The molecule has 0 aromatic rings. The van der Waals surface area contributed by atoms with E-state index in [2.05, 4.69) is 13.5 Å². The third kappa shape index (κ3) is 1.77. The van der Waals surface area contributed by atoms with Gasteiger partial charge in [-0.2, -0.15) is 0 Å². The Labute approximate surface area is 104 Å². The number of hydrogen-bond acceptors (Lipinski definition) is 2. The van der Waals surface area contributed by atoms with Crippen molar-refractivity contribution in [3.8, 4) is 0 Å². The lowest BCUT2D eigenvalue weighted by Gasteiger charge is -2.49. The summed E-state index contributed by atoms with van der Waals surface area (Å²) < 4.78 is 5.55. The summed E-state index contributed by atoms with van der Waals surface area (Å²) in [7, 11) is 0. The summed E-state index contributed by atoms with van der Waals surface area (Å²) in [6, 6.07) is 0. The van der Waals surface area contributed by atoms with Crippen molar-refractivity contribution in [3.63, 3.8) is 0 Å². The summed E-state index contributed by atoms with van der Waals surface area (Å²) >= 11 is 0. The van der Waals surface area contributed by atoms with E-state index in [0.29, 0.717) is 17.3 Å². The Morgan fingerprint density at radius 3 is 2.88 bits per heavy atom. The molecule has 2 nitrogen and oxygen atoms in total. The van der Waals surface area contributed by atoms with Crippen LogP contribution >= 0.6 is 0 Å². The number of rotatable bonds is 2. The maximum Gasteiger partial charge on any atom is 0.117 e. The molecule has 1 unspecified atom stereocenters. The summed E-state index contributed by atoms with van der Waals surface area (Å²) in [6.07, 6.45) is 7.58. The number of aliphatic hydroxyl groups is 1. The molecule has 3 fully saturated rings. The van der Waals surface area contributed by atoms with Gasteiger partial charge in [0.15, 0.2) is 0 Å². The molecule has 2 aliphatic carbocycles. The van der Waals surface area contributed by atoms with E-state index >= 15 is 0 Å². The van der Waals surface area contributed by atoms with Crippen molar-refractivity contribution >= 4 is 0 Å². The normalized spacial score (nSPS) is 49.9. The van der Waals surface area contributed by atoms with Gasteiger partial charge in [0.2, 0.25) is 0 Å². The monoisotopic (exact) mass is 236 g/mol. The Bertz CT molecular complexity index is 332. The van der Waals surface area contributed by atoms with Gasteiger partial charge in [-0.05, 0) is 55.8 Å². The molecule has 1 heterocycles. The van der Waals surface area contributed by atoms with Gasteiger partial charge >= 0.3 is 0 Å². The standard InChI is InChI=1S/C15H24O2/c1-11-4-3-6-14(2)7-5-12(8-13(11)14)15(9-16)10-17-15/h12-13,16H,1,3-10H2,2H3/t12-,13?,14-,15-/m1/s1. The topological polar surface area (TPSA) is 32.8 Å². The number of aliphatic hydroxyl groups excluding tert-OH is 1. The fraction of sp³-hybridized carbons (Fsp3) is 0.867. The van der Waals surface area contributed by atoms with Crippen molar-refractivity contribution in [2.24, 2.45) is 17.3 Å². The zero-order chi connectivity index (χ0) is 12.1.